The molecule has 1 nitrogen and oxygen atoms in total. The Bertz CT molecular complexity index is 299. The number of thioether (sulfide) groups is 1. The molecule has 0 spiro atoms. The largest absolute Gasteiger partial charge is 0.311 e. The first-order chi connectivity index (χ1) is 7.61. The first-order valence-electron chi connectivity index (χ1n) is 5.61. The number of hydrogen-bond acceptors (Lipinski definition) is 2. The molecule has 0 heterocycles. The Morgan fingerprint density at radius 3 is 2.38 bits per heavy atom. The van der Waals surface area contributed by atoms with E-state index in [1.54, 1.807) is 0 Å². The second kappa shape index (κ2) is 7.36. The third kappa shape index (κ3) is 5.37. The second-order valence-corrected chi connectivity index (χ2v) is 6.08. The Balaban J connectivity index is 2.39. The highest BCUT2D eigenvalue weighted by Gasteiger charge is 2.07. The number of halogens is 1. The molecule has 0 bridgehead atoms. The van der Waals surface area contributed by atoms with Crippen molar-refractivity contribution in [1.82, 2.24) is 5.32 Å². The molecular weight excluding hydrogens is 282 g/mol. The summed E-state index contributed by atoms with van der Waals surface area (Å²) in [7, 11) is 0. The van der Waals surface area contributed by atoms with E-state index in [-0.39, 0.29) is 0 Å². The van der Waals surface area contributed by atoms with Gasteiger partial charge in [-0.3, -0.25) is 0 Å². The van der Waals surface area contributed by atoms with Crippen LogP contribution >= 0.6 is 27.7 Å². The molecule has 2 atom stereocenters. The van der Waals surface area contributed by atoms with Gasteiger partial charge in [0.15, 0.2) is 0 Å². The summed E-state index contributed by atoms with van der Waals surface area (Å²) in [4.78, 5) is 0. The molecule has 1 N–H and O–H groups in total. The lowest BCUT2D eigenvalue weighted by atomic mass is 10.1. The van der Waals surface area contributed by atoms with Crippen LogP contribution in [0.3, 0.4) is 0 Å². The fourth-order valence-electron chi connectivity index (χ4n) is 1.82. The van der Waals surface area contributed by atoms with Gasteiger partial charge in [-0.25, -0.2) is 0 Å². The molecule has 0 aliphatic rings. The first kappa shape index (κ1) is 14.1. The van der Waals surface area contributed by atoms with Crippen LogP contribution in [0.25, 0.3) is 0 Å². The second-order valence-electron chi connectivity index (χ2n) is 4.25. The highest BCUT2D eigenvalue weighted by molar-refractivity contribution is 9.10. The molecule has 16 heavy (non-hydrogen) atoms. The topological polar surface area (TPSA) is 12.0 Å². The van der Waals surface area contributed by atoms with E-state index < -0.39 is 0 Å². The molecule has 0 aliphatic heterocycles. The van der Waals surface area contributed by atoms with Crippen molar-refractivity contribution in [3.8, 4) is 0 Å². The van der Waals surface area contributed by atoms with E-state index in [1.165, 1.54) is 11.3 Å². The lowest BCUT2D eigenvalue weighted by Crippen LogP contribution is -2.37. The molecular formula is C13H20BrNS. The van der Waals surface area contributed by atoms with Crippen LogP contribution in [0, 0.1) is 0 Å². The van der Waals surface area contributed by atoms with Crippen molar-refractivity contribution in [3.05, 3.63) is 34.3 Å². The molecule has 0 radical (unpaired) electrons. The molecule has 0 aromatic heterocycles. The van der Waals surface area contributed by atoms with Crippen molar-refractivity contribution in [1.29, 1.82) is 0 Å². The number of rotatable bonds is 6. The van der Waals surface area contributed by atoms with Gasteiger partial charge < -0.3 is 5.32 Å². The third-order valence-electron chi connectivity index (χ3n) is 2.44. The first-order valence-corrected chi connectivity index (χ1v) is 7.80. The Hall–Kier alpha value is 0.01000. The summed E-state index contributed by atoms with van der Waals surface area (Å²) in [6.45, 7) is 4.49. The monoisotopic (exact) mass is 301 g/mol. The summed E-state index contributed by atoms with van der Waals surface area (Å²) in [6.07, 6.45) is 3.24. The predicted molar refractivity (Wildman–Crippen MR) is 78.3 cm³/mol. The Kier molecular flexibility index (Phi) is 6.47. The molecule has 0 saturated carbocycles. The quantitative estimate of drug-likeness (QED) is 0.859. The van der Waals surface area contributed by atoms with E-state index in [4.69, 9.17) is 0 Å². The molecule has 1 rings (SSSR count). The summed E-state index contributed by atoms with van der Waals surface area (Å²) in [5, 5.41) is 3.61. The minimum Gasteiger partial charge on any atom is -0.311 e. The van der Waals surface area contributed by atoms with E-state index >= 15 is 0 Å². The van der Waals surface area contributed by atoms with Gasteiger partial charge in [-0.15, -0.1) is 0 Å². The van der Waals surface area contributed by atoms with Crippen LogP contribution in [0.1, 0.15) is 19.4 Å². The summed E-state index contributed by atoms with van der Waals surface area (Å²) >= 11 is 5.35. The van der Waals surface area contributed by atoms with Gasteiger partial charge in [0.25, 0.3) is 0 Å². The van der Waals surface area contributed by atoms with Gasteiger partial charge in [-0.05, 0) is 44.2 Å². The summed E-state index contributed by atoms with van der Waals surface area (Å²) in [6, 6.07) is 9.69. The van der Waals surface area contributed by atoms with Gasteiger partial charge in [0.05, 0.1) is 0 Å². The van der Waals surface area contributed by atoms with Crippen molar-refractivity contribution in [3.63, 3.8) is 0 Å². The van der Waals surface area contributed by atoms with E-state index in [2.05, 4.69) is 65.6 Å². The van der Waals surface area contributed by atoms with Gasteiger partial charge in [0, 0.05) is 22.3 Å². The zero-order valence-electron chi connectivity index (χ0n) is 10.2. The van der Waals surface area contributed by atoms with Crippen LogP contribution in [0.4, 0.5) is 0 Å². The average Bonchev–Trinajstić information content (AvgIpc) is 2.21. The van der Waals surface area contributed by atoms with E-state index in [1.807, 2.05) is 11.8 Å². The van der Waals surface area contributed by atoms with Crippen LogP contribution < -0.4 is 5.32 Å². The standard InChI is InChI=1S/C13H20BrNS/c1-10(15-11(2)9-16-3)8-12-4-6-13(14)7-5-12/h4-7,10-11,15H,8-9H2,1-3H3. The number of hydrogen-bond donors (Lipinski definition) is 1. The molecule has 3 heteroatoms. The lowest BCUT2D eigenvalue weighted by Gasteiger charge is -2.19. The number of nitrogens with one attached hydrogen (secondary N) is 1. The summed E-state index contributed by atoms with van der Waals surface area (Å²) in [5.41, 5.74) is 1.39. The molecule has 90 valence electrons. The van der Waals surface area contributed by atoms with Crippen molar-refractivity contribution >= 4 is 27.7 Å². The predicted octanol–water partition coefficient (Wildman–Crippen LogP) is 3.72. The number of benzene rings is 1. The van der Waals surface area contributed by atoms with Gasteiger partial charge in [0.2, 0.25) is 0 Å². The lowest BCUT2D eigenvalue weighted by molar-refractivity contribution is 0.492. The van der Waals surface area contributed by atoms with Crippen LogP contribution in [-0.2, 0) is 6.42 Å². The smallest absolute Gasteiger partial charge is 0.0175 e. The average molecular weight is 302 g/mol. The Labute approximate surface area is 112 Å². The van der Waals surface area contributed by atoms with Gasteiger partial charge in [-0.1, -0.05) is 28.1 Å². The zero-order valence-corrected chi connectivity index (χ0v) is 12.6. The van der Waals surface area contributed by atoms with Crippen molar-refractivity contribution in [2.45, 2.75) is 32.4 Å². The van der Waals surface area contributed by atoms with Crippen molar-refractivity contribution < 1.29 is 0 Å². The summed E-state index contributed by atoms with van der Waals surface area (Å²) < 4.78 is 1.15. The van der Waals surface area contributed by atoms with Crippen LogP contribution in [0.5, 0.6) is 0 Å². The molecule has 0 amide bonds. The molecule has 0 saturated heterocycles. The highest BCUT2D eigenvalue weighted by Crippen LogP contribution is 2.12. The van der Waals surface area contributed by atoms with E-state index in [0.717, 1.165) is 10.9 Å². The Morgan fingerprint density at radius 1 is 1.19 bits per heavy atom. The maximum absolute atomic E-state index is 3.61. The molecule has 1 aromatic carbocycles. The van der Waals surface area contributed by atoms with Crippen molar-refractivity contribution in [2.24, 2.45) is 0 Å². The SMILES string of the molecule is CSCC(C)NC(C)Cc1ccc(Br)cc1. The normalized spacial score (nSPS) is 14.8. The minimum atomic E-state index is 0.531. The van der Waals surface area contributed by atoms with Gasteiger partial charge >= 0.3 is 0 Å². The van der Waals surface area contributed by atoms with E-state index in [9.17, 15) is 0 Å². The molecule has 0 fully saturated rings. The highest BCUT2D eigenvalue weighted by atomic mass is 79.9. The van der Waals surface area contributed by atoms with Gasteiger partial charge in [-0.2, -0.15) is 11.8 Å². The maximum atomic E-state index is 3.61. The van der Waals surface area contributed by atoms with Crippen LogP contribution in [0.15, 0.2) is 28.7 Å². The van der Waals surface area contributed by atoms with Gasteiger partial charge in [0.1, 0.15) is 0 Å². The summed E-state index contributed by atoms with van der Waals surface area (Å²) in [5.74, 6) is 1.17. The Morgan fingerprint density at radius 2 is 1.81 bits per heavy atom. The van der Waals surface area contributed by atoms with Crippen molar-refractivity contribution in [2.75, 3.05) is 12.0 Å². The van der Waals surface area contributed by atoms with Crippen LogP contribution in [-0.4, -0.2) is 24.1 Å². The zero-order chi connectivity index (χ0) is 12.0. The van der Waals surface area contributed by atoms with Crippen LogP contribution in [0.2, 0.25) is 0 Å². The third-order valence-corrected chi connectivity index (χ3v) is 3.80. The maximum Gasteiger partial charge on any atom is 0.0175 e. The fourth-order valence-corrected chi connectivity index (χ4v) is 2.68. The molecule has 0 aliphatic carbocycles. The molecule has 2 unspecified atom stereocenters. The minimum absolute atomic E-state index is 0.531. The van der Waals surface area contributed by atoms with E-state index in [0.29, 0.717) is 12.1 Å². The molecule has 1 aromatic rings. The fraction of sp³-hybridized carbons (Fsp3) is 0.538.